The van der Waals surface area contributed by atoms with Crippen LogP contribution in [0.2, 0.25) is 0 Å². The van der Waals surface area contributed by atoms with Crippen LogP contribution in [0.25, 0.3) is 10.8 Å². The number of ether oxygens (including phenoxy) is 1. The van der Waals surface area contributed by atoms with Gasteiger partial charge in [0.25, 0.3) is 0 Å². The summed E-state index contributed by atoms with van der Waals surface area (Å²) in [7, 11) is 0. The molecule has 0 saturated heterocycles. The molecule has 0 saturated carbocycles. The van der Waals surface area contributed by atoms with Crippen molar-refractivity contribution < 1.29 is 9.53 Å². The molecule has 3 nitrogen and oxygen atoms in total. The van der Waals surface area contributed by atoms with Crippen molar-refractivity contribution >= 4 is 22.4 Å². The molecule has 0 bridgehead atoms. The highest BCUT2D eigenvalue weighted by Gasteiger charge is 2.05. The number of fused-ring (bicyclic) bond motifs is 1. The lowest BCUT2D eigenvalue weighted by molar-refractivity contribution is -0.115. The second-order valence-corrected chi connectivity index (χ2v) is 5.36. The molecule has 1 N–H and O–H groups in total. The fraction of sp³-hybridized carbons (Fsp3) is 0.150. The maximum Gasteiger partial charge on any atom is 0.228 e. The maximum atomic E-state index is 12.2. The Kier molecular flexibility index (Phi) is 4.57. The van der Waals surface area contributed by atoms with E-state index in [4.69, 9.17) is 4.74 Å². The van der Waals surface area contributed by atoms with Crippen molar-refractivity contribution in [1.29, 1.82) is 0 Å². The Hall–Kier alpha value is -2.81. The van der Waals surface area contributed by atoms with Gasteiger partial charge in [-0.1, -0.05) is 42.5 Å². The molecule has 0 unspecified atom stereocenters. The highest BCUT2D eigenvalue weighted by molar-refractivity contribution is 5.93. The minimum Gasteiger partial charge on any atom is -0.494 e. The SMILES string of the molecule is CCOc1ccc(NC(=O)Cc2ccc3ccccc3c2)cc1. The van der Waals surface area contributed by atoms with E-state index in [0.29, 0.717) is 13.0 Å². The van der Waals surface area contributed by atoms with Crippen molar-refractivity contribution in [2.45, 2.75) is 13.3 Å². The molecule has 0 spiro atoms. The van der Waals surface area contributed by atoms with E-state index in [1.807, 2.05) is 49.4 Å². The summed E-state index contributed by atoms with van der Waals surface area (Å²) in [5.74, 6) is 0.782. The molecule has 0 atom stereocenters. The molecule has 1 amide bonds. The number of rotatable bonds is 5. The van der Waals surface area contributed by atoms with E-state index in [1.54, 1.807) is 0 Å². The van der Waals surface area contributed by atoms with Crippen molar-refractivity contribution in [3.05, 3.63) is 72.3 Å². The van der Waals surface area contributed by atoms with Crippen molar-refractivity contribution in [3.63, 3.8) is 0 Å². The van der Waals surface area contributed by atoms with E-state index >= 15 is 0 Å². The third-order valence-corrected chi connectivity index (χ3v) is 3.63. The second kappa shape index (κ2) is 6.97. The van der Waals surface area contributed by atoms with Crippen LogP contribution in [0.1, 0.15) is 12.5 Å². The first-order valence-corrected chi connectivity index (χ1v) is 7.75. The van der Waals surface area contributed by atoms with E-state index in [-0.39, 0.29) is 5.91 Å². The lowest BCUT2D eigenvalue weighted by Crippen LogP contribution is -2.14. The average Bonchev–Trinajstić information content (AvgIpc) is 2.57. The average molecular weight is 305 g/mol. The van der Waals surface area contributed by atoms with Gasteiger partial charge in [-0.2, -0.15) is 0 Å². The predicted octanol–water partition coefficient (Wildman–Crippen LogP) is 4.42. The first-order chi connectivity index (χ1) is 11.2. The Bertz CT molecular complexity index is 809. The molecule has 3 rings (SSSR count). The fourth-order valence-electron chi connectivity index (χ4n) is 2.54. The van der Waals surface area contributed by atoms with E-state index < -0.39 is 0 Å². The molecule has 0 aliphatic heterocycles. The maximum absolute atomic E-state index is 12.2. The summed E-state index contributed by atoms with van der Waals surface area (Å²) >= 11 is 0. The quantitative estimate of drug-likeness (QED) is 0.758. The van der Waals surface area contributed by atoms with E-state index in [1.165, 1.54) is 5.39 Å². The molecule has 23 heavy (non-hydrogen) atoms. The fourth-order valence-corrected chi connectivity index (χ4v) is 2.54. The monoisotopic (exact) mass is 305 g/mol. The Labute approximate surface area is 135 Å². The van der Waals surface area contributed by atoms with Gasteiger partial charge in [-0.3, -0.25) is 4.79 Å². The molecule has 3 aromatic carbocycles. The topological polar surface area (TPSA) is 38.3 Å². The van der Waals surface area contributed by atoms with Crippen molar-refractivity contribution in [3.8, 4) is 5.75 Å². The number of nitrogens with one attached hydrogen (secondary N) is 1. The summed E-state index contributed by atoms with van der Waals surface area (Å²) in [6.45, 7) is 2.58. The summed E-state index contributed by atoms with van der Waals surface area (Å²) in [6, 6.07) is 21.7. The summed E-state index contributed by atoms with van der Waals surface area (Å²) in [4.78, 5) is 12.2. The zero-order valence-corrected chi connectivity index (χ0v) is 13.1. The summed E-state index contributed by atoms with van der Waals surface area (Å²) in [6.07, 6.45) is 0.359. The van der Waals surface area contributed by atoms with Crippen LogP contribution in [0.5, 0.6) is 5.75 Å². The molecule has 0 fully saturated rings. The largest absolute Gasteiger partial charge is 0.494 e. The van der Waals surface area contributed by atoms with Gasteiger partial charge in [0.15, 0.2) is 0 Å². The lowest BCUT2D eigenvalue weighted by atomic mass is 10.0. The Balaban J connectivity index is 1.65. The van der Waals surface area contributed by atoms with Crippen LogP contribution >= 0.6 is 0 Å². The van der Waals surface area contributed by atoms with Gasteiger partial charge < -0.3 is 10.1 Å². The van der Waals surface area contributed by atoms with Gasteiger partial charge in [-0.25, -0.2) is 0 Å². The van der Waals surface area contributed by atoms with Crippen LogP contribution < -0.4 is 10.1 Å². The normalized spacial score (nSPS) is 10.5. The van der Waals surface area contributed by atoms with Gasteiger partial charge in [0.2, 0.25) is 5.91 Å². The van der Waals surface area contributed by atoms with Crippen LogP contribution in [0.3, 0.4) is 0 Å². The number of benzene rings is 3. The lowest BCUT2D eigenvalue weighted by Gasteiger charge is -2.08. The van der Waals surface area contributed by atoms with Gasteiger partial charge in [-0.05, 0) is 47.5 Å². The molecule has 0 aliphatic rings. The van der Waals surface area contributed by atoms with Crippen LogP contribution in [-0.4, -0.2) is 12.5 Å². The number of carbonyl (C=O) groups excluding carboxylic acids is 1. The molecule has 116 valence electrons. The number of hydrogen-bond acceptors (Lipinski definition) is 2. The van der Waals surface area contributed by atoms with Crippen molar-refractivity contribution in [2.75, 3.05) is 11.9 Å². The minimum atomic E-state index is -0.0237. The first-order valence-electron chi connectivity index (χ1n) is 7.75. The van der Waals surface area contributed by atoms with Gasteiger partial charge >= 0.3 is 0 Å². The molecule has 3 aromatic rings. The Morgan fingerprint density at radius 3 is 2.43 bits per heavy atom. The highest BCUT2D eigenvalue weighted by Crippen LogP contribution is 2.18. The number of hydrogen-bond donors (Lipinski definition) is 1. The summed E-state index contributed by atoms with van der Waals surface area (Å²) in [5.41, 5.74) is 1.78. The predicted molar refractivity (Wildman–Crippen MR) is 93.9 cm³/mol. The standard InChI is InChI=1S/C20H19NO2/c1-2-23-19-11-9-18(10-12-19)21-20(22)14-15-7-8-16-5-3-4-6-17(16)13-15/h3-13H,2,14H2,1H3,(H,21,22). The van der Waals surface area contributed by atoms with Crippen LogP contribution in [0.4, 0.5) is 5.69 Å². The number of anilines is 1. The molecule has 0 radical (unpaired) electrons. The van der Waals surface area contributed by atoms with Crippen LogP contribution in [-0.2, 0) is 11.2 Å². The van der Waals surface area contributed by atoms with E-state index in [0.717, 1.165) is 22.4 Å². The highest BCUT2D eigenvalue weighted by atomic mass is 16.5. The number of amides is 1. The van der Waals surface area contributed by atoms with Crippen LogP contribution in [0.15, 0.2) is 66.7 Å². The van der Waals surface area contributed by atoms with Crippen LogP contribution in [0, 0.1) is 0 Å². The summed E-state index contributed by atoms with van der Waals surface area (Å²) in [5, 5.41) is 5.25. The third-order valence-electron chi connectivity index (χ3n) is 3.63. The molecular weight excluding hydrogens is 286 g/mol. The van der Waals surface area contributed by atoms with Gasteiger partial charge in [0.05, 0.1) is 13.0 Å². The number of carbonyl (C=O) groups is 1. The molecular formula is C20H19NO2. The van der Waals surface area contributed by atoms with Gasteiger partial charge in [0.1, 0.15) is 5.75 Å². The zero-order chi connectivity index (χ0) is 16.1. The molecule has 0 heterocycles. The van der Waals surface area contributed by atoms with Gasteiger partial charge in [-0.15, -0.1) is 0 Å². The van der Waals surface area contributed by atoms with E-state index in [9.17, 15) is 4.79 Å². The molecule has 0 aromatic heterocycles. The third kappa shape index (κ3) is 3.89. The smallest absolute Gasteiger partial charge is 0.228 e. The van der Waals surface area contributed by atoms with E-state index in [2.05, 4.69) is 29.6 Å². The Morgan fingerprint density at radius 2 is 1.70 bits per heavy atom. The molecule has 3 heteroatoms. The first kappa shape index (κ1) is 15.1. The minimum absolute atomic E-state index is 0.0237. The second-order valence-electron chi connectivity index (χ2n) is 5.36. The van der Waals surface area contributed by atoms with Crippen molar-refractivity contribution in [1.82, 2.24) is 0 Å². The molecule has 0 aliphatic carbocycles. The van der Waals surface area contributed by atoms with Crippen molar-refractivity contribution in [2.24, 2.45) is 0 Å². The van der Waals surface area contributed by atoms with Gasteiger partial charge in [0, 0.05) is 5.69 Å². The zero-order valence-electron chi connectivity index (χ0n) is 13.1. The Morgan fingerprint density at radius 1 is 0.957 bits per heavy atom. The summed E-state index contributed by atoms with van der Waals surface area (Å²) < 4.78 is 5.39.